The summed E-state index contributed by atoms with van der Waals surface area (Å²) in [7, 11) is 0. The topological polar surface area (TPSA) is 124 Å². The van der Waals surface area contributed by atoms with Gasteiger partial charge in [-0.25, -0.2) is 9.69 Å². The van der Waals surface area contributed by atoms with Crippen LogP contribution in [0, 0.1) is 0 Å². The molecule has 2 N–H and O–H groups in total. The average Bonchev–Trinajstić information content (AvgIpc) is 2.87. The Labute approximate surface area is 148 Å². The maximum absolute atomic E-state index is 12.6. The summed E-state index contributed by atoms with van der Waals surface area (Å²) in [6, 6.07) is 6.42. The fourth-order valence-corrected chi connectivity index (χ4v) is 3.19. The Hall–Kier alpha value is -3.23. The van der Waals surface area contributed by atoms with E-state index in [4.69, 9.17) is 5.11 Å². The number of hydrogen-bond acceptors (Lipinski definition) is 5. The summed E-state index contributed by atoms with van der Waals surface area (Å²) in [4.78, 5) is 61.5. The third-order valence-electron chi connectivity index (χ3n) is 4.42. The number of hydrogen-bond donors (Lipinski definition) is 2. The molecule has 0 spiro atoms. The SMILES string of the molecule is O=C(O)CN1C(=O)CC[C@H](N2C(=O)N[C@@H](Cc3ccccc3)C2=O)C1=O. The van der Waals surface area contributed by atoms with Crippen molar-refractivity contribution < 1.29 is 29.1 Å². The second-order valence-corrected chi connectivity index (χ2v) is 6.17. The largest absolute Gasteiger partial charge is 0.480 e. The maximum Gasteiger partial charge on any atom is 0.325 e. The molecule has 2 heterocycles. The number of carboxylic acids is 1. The highest BCUT2D eigenvalue weighted by molar-refractivity contribution is 6.10. The number of urea groups is 1. The highest BCUT2D eigenvalue weighted by Crippen LogP contribution is 2.23. The molecule has 5 amide bonds. The smallest absolute Gasteiger partial charge is 0.325 e. The van der Waals surface area contributed by atoms with Crippen LogP contribution in [0.3, 0.4) is 0 Å². The highest BCUT2D eigenvalue weighted by Gasteiger charge is 2.48. The average molecular weight is 359 g/mol. The third-order valence-corrected chi connectivity index (χ3v) is 4.42. The molecule has 0 bridgehead atoms. The molecule has 2 aliphatic heterocycles. The number of rotatable bonds is 5. The van der Waals surface area contributed by atoms with Crippen molar-refractivity contribution in [2.75, 3.05) is 6.54 Å². The normalized spacial score (nSPS) is 23.4. The van der Waals surface area contributed by atoms with E-state index >= 15 is 0 Å². The second kappa shape index (κ2) is 6.95. The zero-order chi connectivity index (χ0) is 18.8. The Kier molecular flexibility index (Phi) is 4.70. The number of nitrogens with zero attached hydrogens (tertiary/aromatic N) is 2. The molecule has 0 aliphatic carbocycles. The molecular formula is C17H17N3O6. The molecule has 2 saturated heterocycles. The van der Waals surface area contributed by atoms with E-state index < -0.39 is 48.4 Å². The van der Waals surface area contributed by atoms with E-state index in [0.717, 1.165) is 10.5 Å². The Morgan fingerprint density at radius 3 is 2.46 bits per heavy atom. The number of nitrogens with one attached hydrogen (secondary N) is 1. The van der Waals surface area contributed by atoms with Crippen LogP contribution in [-0.2, 0) is 25.6 Å². The molecule has 2 atom stereocenters. The predicted octanol–water partition coefficient (Wildman–Crippen LogP) is -0.248. The van der Waals surface area contributed by atoms with E-state index in [1.807, 2.05) is 30.3 Å². The number of likely N-dealkylation sites (tertiary alicyclic amines) is 1. The molecule has 1 aromatic carbocycles. The van der Waals surface area contributed by atoms with Crippen LogP contribution in [0.25, 0.3) is 0 Å². The molecule has 9 heteroatoms. The van der Waals surface area contributed by atoms with Gasteiger partial charge in [0, 0.05) is 12.8 Å². The van der Waals surface area contributed by atoms with Crippen molar-refractivity contribution in [2.45, 2.75) is 31.3 Å². The van der Waals surface area contributed by atoms with Gasteiger partial charge in [0.25, 0.3) is 11.8 Å². The minimum atomic E-state index is -1.34. The molecule has 3 rings (SSSR count). The standard InChI is InChI=1S/C17H17N3O6/c21-13-7-6-12(16(25)19(13)9-14(22)23)20-15(24)11(18-17(20)26)8-10-4-2-1-3-5-10/h1-5,11-12H,6-9H2,(H,18,26)(H,22,23)/t11-,12-/m0/s1. The lowest BCUT2D eigenvalue weighted by atomic mass is 10.0. The van der Waals surface area contributed by atoms with Crippen LogP contribution < -0.4 is 5.32 Å². The van der Waals surface area contributed by atoms with Crippen molar-refractivity contribution in [3.63, 3.8) is 0 Å². The van der Waals surface area contributed by atoms with Gasteiger partial charge in [-0.1, -0.05) is 30.3 Å². The third kappa shape index (κ3) is 3.28. The molecule has 2 aliphatic rings. The maximum atomic E-state index is 12.6. The lowest BCUT2D eigenvalue weighted by Crippen LogP contribution is -2.57. The van der Waals surface area contributed by atoms with Gasteiger partial charge < -0.3 is 10.4 Å². The lowest BCUT2D eigenvalue weighted by Gasteiger charge is -2.33. The first-order chi connectivity index (χ1) is 12.4. The van der Waals surface area contributed by atoms with Gasteiger partial charge in [-0.2, -0.15) is 0 Å². The first kappa shape index (κ1) is 17.6. The number of aliphatic carboxylic acids is 1. The molecule has 0 aromatic heterocycles. The first-order valence-corrected chi connectivity index (χ1v) is 8.12. The van der Waals surface area contributed by atoms with E-state index in [-0.39, 0.29) is 19.3 Å². The molecule has 9 nitrogen and oxygen atoms in total. The number of carbonyl (C=O) groups excluding carboxylic acids is 4. The van der Waals surface area contributed by atoms with E-state index in [9.17, 15) is 24.0 Å². The predicted molar refractivity (Wildman–Crippen MR) is 86.7 cm³/mol. The Balaban J connectivity index is 1.77. The number of imide groups is 2. The quantitative estimate of drug-likeness (QED) is 0.552. The zero-order valence-corrected chi connectivity index (χ0v) is 13.8. The minimum absolute atomic E-state index is 0.00893. The van der Waals surface area contributed by atoms with Gasteiger partial charge in [0.2, 0.25) is 5.91 Å². The Bertz CT molecular complexity index is 778. The van der Waals surface area contributed by atoms with Crippen molar-refractivity contribution >= 4 is 29.7 Å². The van der Waals surface area contributed by atoms with Crippen LogP contribution in [0.5, 0.6) is 0 Å². The molecule has 26 heavy (non-hydrogen) atoms. The Morgan fingerprint density at radius 2 is 1.81 bits per heavy atom. The van der Waals surface area contributed by atoms with Gasteiger partial charge in [0.15, 0.2) is 0 Å². The van der Waals surface area contributed by atoms with Crippen molar-refractivity contribution in [3.05, 3.63) is 35.9 Å². The molecule has 0 radical (unpaired) electrons. The number of carbonyl (C=O) groups is 5. The van der Waals surface area contributed by atoms with Gasteiger partial charge in [0.05, 0.1) is 0 Å². The summed E-state index contributed by atoms with van der Waals surface area (Å²) in [5.41, 5.74) is 0.852. The van der Waals surface area contributed by atoms with Gasteiger partial charge in [-0.3, -0.25) is 24.1 Å². The molecule has 136 valence electrons. The van der Waals surface area contributed by atoms with Gasteiger partial charge in [-0.05, 0) is 12.0 Å². The van der Waals surface area contributed by atoms with Gasteiger partial charge in [0.1, 0.15) is 18.6 Å². The van der Waals surface area contributed by atoms with Crippen molar-refractivity contribution in [3.8, 4) is 0 Å². The number of carboxylic acid groups (broad SMARTS) is 1. The summed E-state index contributed by atoms with van der Waals surface area (Å²) < 4.78 is 0. The van der Waals surface area contributed by atoms with Crippen LogP contribution in [0.15, 0.2) is 30.3 Å². The van der Waals surface area contributed by atoms with Crippen LogP contribution in [-0.4, -0.2) is 63.3 Å². The summed E-state index contributed by atoms with van der Waals surface area (Å²) in [5, 5.41) is 11.4. The van der Waals surface area contributed by atoms with Crippen LogP contribution in [0.2, 0.25) is 0 Å². The first-order valence-electron chi connectivity index (χ1n) is 8.12. The fourth-order valence-electron chi connectivity index (χ4n) is 3.19. The van der Waals surface area contributed by atoms with E-state index in [2.05, 4.69) is 5.32 Å². The van der Waals surface area contributed by atoms with Crippen LogP contribution in [0.4, 0.5) is 4.79 Å². The summed E-state index contributed by atoms with van der Waals surface area (Å²) in [5.74, 6) is -3.36. The minimum Gasteiger partial charge on any atom is -0.480 e. The van der Waals surface area contributed by atoms with Gasteiger partial charge in [-0.15, -0.1) is 0 Å². The number of amides is 5. The van der Waals surface area contributed by atoms with Crippen LogP contribution >= 0.6 is 0 Å². The molecular weight excluding hydrogens is 342 g/mol. The molecule has 2 fully saturated rings. The fraction of sp³-hybridized carbons (Fsp3) is 0.353. The second-order valence-electron chi connectivity index (χ2n) is 6.17. The van der Waals surface area contributed by atoms with Crippen LogP contribution in [0.1, 0.15) is 18.4 Å². The Morgan fingerprint density at radius 1 is 1.12 bits per heavy atom. The summed E-state index contributed by atoms with van der Waals surface area (Å²) >= 11 is 0. The summed E-state index contributed by atoms with van der Waals surface area (Å²) in [6.07, 6.45) is 0.162. The molecule has 0 saturated carbocycles. The van der Waals surface area contributed by atoms with E-state index in [0.29, 0.717) is 4.90 Å². The number of piperidine rings is 1. The monoisotopic (exact) mass is 359 g/mol. The number of benzene rings is 1. The van der Waals surface area contributed by atoms with Crippen molar-refractivity contribution in [2.24, 2.45) is 0 Å². The lowest BCUT2D eigenvalue weighted by molar-refractivity contribution is -0.159. The zero-order valence-electron chi connectivity index (χ0n) is 13.8. The summed E-state index contributed by atoms with van der Waals surface area (Å²) in [6.45, 7) is -0.786. The van der Waals surface area contributed by atoms with Crippen molar-refractivity contribution in [1.82, 2.24) is 15.1 Å². The van der Waals surface area contributed by atoms with Gasteiger partial charge >= 0.3 is 12.0 Å². The van der Waals surface area contributed by atoms with E-state index in [1.54, 1.807) is 0 Å². The van der Waals surface area contributed by atoms with Crippen molar-refractivity contribution in [1.29, 1.82) is 0 Å². The molecule has 1 aromatic rings. The van der Waals surface area contributed by atoms with E-state index in [1.165, 1.54) is 0 Å². The molecule has 0 unspecified atom stereocenters. The highest BCUT2D eigenvalue weighted by atomic mass is 16.4.